The Morgan fingerprint density at radius 3 is 2.73 bits per heavy atom. The molecule has 7 nitrogen and oxygen atoms in total. The molecule has 3 heterocycles. The van der Waals surface area contributed by atoms with E-state index in [2.05, 4.69) is 25.9 Å². The fourth-order valence-electron chi connectivity index (χ4n) is 3.70. The lowest BCUT2D eigenvalue weighted by atomic mass is 10.0. The van der Waals surface area contributed by atoms with Crippen molar-refractivity contribution in [1.29, 1.82) is 0 Å². The van der Waals surface area contributed by atoms with Gasteiger partial charge in [0.25, 0.3) is 0 Å². The lowest BCUT2D eigenvalue weighted by molar-refractivity contribution is -0.117. The molecule has 1 aromatic carbocycles. The van der Waals surface area contributed by atoms with Gasteiger partial charge in [0.1, 0.15) is 12.0 Å². The number of pyridine rings is 1. The molecule has 1 fully saturated rings. The number of aromatic nitrogens is 2. The normalized spacial score (nSPS) is 19.8. The van der Waals surface area contributed by atoms with Gasteiger partial charge in [0.2, 0.25) is 5.91 Å². The van der Waals surface area contributed by atoms with Crippen LogP contribution in [0.5, 0.6) is 0 Å². The monoisotopic (exact) mass is 405 g/mol. The van der Waals surface area contributed by atoms with Gasteiger partial charge in [-0.15, -0.1) is 0 Å². The Hall–Kier alpha value is -3.52. The number of H-pyrrole nitrogens is 1. The molecule has 30 heavy (non-hydrogen) atoms. The van der Waals surface area contributed by atoms with Crippen molar-refractivity contribution in [2.24, 2.45) is 5.92 Å². The van der Waals surface area contributed by atoms with E-state index in [4.69, 9.17) is 0 Å². The minimum Gasteiger partial charge on any atom is -0.355 e. The van der Waals surface area contributed by atoms with Crippen LogP contribution in [0.3, 0.4) is 0 Å². The van der Waals surface area contributed by atoms with E-state index in [0.717, 1.165) is 22.6 Å². The summed E-state index contributed by atoms with van der Waals surface area (Å²) in [5.74, 6) is -0.603. The first-order chi connectivity index (χ1) is 14.6. The largest absolute Gasteiger partial charge is 0.355 e. The van der Waals surface area contributed by atoms with Crippen LogP contribution in [-0.2, 0) is 11.3 Å². The number of Topliss-reactive ketones (excluding diaryl/α,β-unsaturated/α-hetero) is 1. The van der Waals surface area contributed by atoms with Crippen LogP contribution < -0.4 is 16.0 Å². The van der Waals surface area contributed by atoms with E-state index < -0.39 is 12.1 Å². The lowest BCUT2D eigenvalue weighted by Gasteiger charge is -2.14. The van der Waals surface area contributed by atoms with Gasteiger partial charge in [0.15, 0.2) is 5.78 Å². The quantitative estimate of drug-likeness (QED) is 0.522. The number of nitrogens with one attached hydrogen (secondary N) is 4. The average molecular weight is 405 g/mol. The second kappa shape index (κ2) is 7.38. The smallest absolute Gasteiger partial charge is 0.231 e. The van der Waals surface area contributed by atoms with Gasteiger partial charge < -0.3 is 20.9 Å². The number of para-hydroxylation sites is 1. The van der Waals surface area contributed by atoms with E-state index in [1.165, 1.54) is 0 Å². The number of benzene rings is 1. The Labute approximate surface area is 172 Å². The summed E-state index contributed by atoms with van der Waals surface area (Å²) in [5.41, 5.74) is 4.48. The zero-order valence-corrected chi connectivity index (χ0v) is 16.0. The molecular weight excluding hydrogens is 385 g/mol. The molecule has 2 atom stereocenters. The molecular formula is C22H20FN5O2. The molecule has 3 aromatic rings. The zero-order valence-electron chi connectivity index (χ0n) is 16.0. The van der Waals surface area contributed by atoms with E-state index in [1.807, 2.05) is 30.3 Å². The number of alkyl halides is 1. The number of aromatic amines is 1. The Kier molecular flexibility index (Phi) is 4.55. The second-order valence-corrected chi connectivity index (χ2v) is 7.52. The molecule has 0 radical (unpaired) electrons. The van der Waals surface area contributed by atoms with Gasteiger partial charge in [0.05, 0.1) is 29.4 Å². The van der Waals surface area contributed by atoms with Gasteiger partial charge in [-0.05, 0) is 30.7 Å². The molecule has 2 aromatic heterocycles. The van der Waals surface area contributed by atoms with Crippen LogP contribution in [0.1, 0.15) is 22.5 Å². The summed E-state index contributed by atoms with van der Waals surface area (Å²) in [6.07, 6.45) is 0.773. The Balaban J connectivity index is 1.53. The summed E-state index contributed by atoms with van der Waals surface area (Å²) in [6, 6.07) is 13.1. The maximum absolute atomic E-state index is 13.2. The lowest BCUT2D eigenvalue weighted by Crippen LogP contribution is -2.29. The molecule has 4 N–H and O–H groups in total. The first-order valence-corrected chi connectivity index (χ1v) is 9.82. The van der Waals surface area contributed by atoms with E-state index >= 15 is 0 Å². The number of hydrogen-bond donors (Lipinski definition) is 4. The van der Waals surface area contributed by atoms with Gasteiger partial charge in [-0.2, -0.15) is 0 Å². The number of hydrogen-bond acceptors (Lipinski definition) is 5. The zero-order chi connectivity index (χ0) is 20.7. The van der Waals surface area contributed by atoms with Crippen molar-refractivity contribution in [1.82, 2.24) is 15.3 Å². The number of carbonyl (C=O) groups is 2. The molecule has 2 aliphatic rings. The summed E-state index contributed by atoms with van der Waals surface area (Å²) in [7, 11) is 0. The number of carbonyl (C=O) groups excluding carboxylic acids is 2. The molecule has 0 spiro atoms. The van der Waals surface area contributed by atoms with E-state index in [1.54, 1.807) is 18.3 Å². The van der Waals surface area contributed by atoms with Crippen LogP contribution in [0.4, 0.5) is 21.6 Å². The van der Waals surface area contributed by atoms with E-state index in [9.17, 15) is 14.0 Å². The number of nitrogens with zero attached hydrogens (tertiary/aromatic N) is 1. The summed E-state index contributed by atoms with van der Waals surface area (Å²) in [4.78, 5) is 32.2. The van der Waals surface area contributed by atoms with Gasteiger partial charge in [-0.1, -0.05) is 18.2 Å². The average Bonchev–Trinajstić information content (AvgIpc) is 3.37. The topological polar surface area (TPSA) is 98.9 Å². The molecule has 0 saturated heterocycles. The number of rotatable bonds is 5. The van der Waals surface area contributed by atoms with Crippen LogP contribution in [0, 0.1) is 5.92 Å². The summed E-state index contributed by atoms with van der Waals surface area (Å²) in [6.45, 7) is 0.829. The van der Waals surface area contributed by atoms with Gasteiger partial charge in [-0.25, -0.2) is 9.37 Å². The SMILES string of the molecule is O=C1CNCc2[nH]c(-c3ccnc(NC(=O)C4CC4F)c3)c(Nc3ccccc3)c21. The van der Waals surface area contributed by atoms with Crippen molar-refractivity contribution >= 4 is 28.9 Å². The molecule has 0 bridgehead atoms. The highest BCUT2D eigenvalue weighted by Crippen LogP contribution is 2.38. The number of halogens is 1. The molecule has 1 aliphatic carbocycles. The molecule has 1 saturated carbocycles. The van der Waals surface area contributed by atoms with Crippen LogP contribution in [-0.4, -0.2) is 34.4 Å². The van der Waals surface area contributed by atoms with Crippen LogP contribution in [0.15, 0.2) is 48.7 Å². The van der Waals surface area contributed by atoms with Gasteiger partial charge in [-0.3, -0.25) is 9.59 Å². The number of amides is 1. The molecule has 152 valence electrons. The predicted octanol–water partition coefficient (Wildman–Crippen LogP) is 3.40. The Morgan fingerprint density at radius 1 is 1.17 bits per heavy atom. The highest BCUT2D eigenvalue weighted by molar-refractivity contribution is 6.08. The van der Waals surface area contributed by atoms with Gasteiger partial charge >= 0.3 is 0 Å². The van der Waals surface area contributed by atoms with Crippen molar-refractivity contribution in [3.63, 3.8) is 0 Å². The van der Waals surface area contributed by atoms with Crippen molar-refractivity contribution in [2.45, 2.75) is 19.1 Å². The fraction of sp³-hybridized carbons (Fsp3) is 0.227. The third-order valence-electron chi connectivity index (χ3n) is 5.34. The maximum Gasteiger partial charge on any atom is 0.231 e. The molecule has 2 unspecified atom stereocenters. The maximum atomic E-state index is 13.2. The Bertz CT molecular complexity index is 1130. The summed E-state index contributed by atoms with van der Waals surface area (Å²) >= 11 is 0. The summed E-state index contributed by atoms with van der Waals surface area (Å²) in [5, 5.41) is 9.14. The van der Waals surface area contributed by atoms with Crippen LogP contribution in [0.25, 0.3) is 11.3 Å². The number of anilines is 3. The molecule has 5 rings (SSSR count). The van der Waals surface area contributed by atoms with Crippen molar-refractivity contribution in [3.05, 3.63) is 59.9 Å². The summed E-state index contributed by atoms with van der Waals surface area (Å²) < 4.78 is 13.2. The molecule has 1 aliphatic heterocycles. The second-order valence-electron chi connectivity index (χ2n) is 7.52. The predicted molar refractivity (Wildman–Crippen MR) is 111 cm³/mol. The highest BCUT2D eigenvalue weighted by atomic mass is 19.1. The molecule has 8 heteroatoms. The van der Waals surface area contributed by atoms with Crippen molar-refractivity contribution in [2.75, 3.05) is 17.2 Å². The standard InChI is InChI=1S/C22H20FN5O2/c23-15-9-14(15)22(30)28-18-8-12(6-7-25-18)20-21(26-13-4-2-1-3-5-13)19-16(27-20)10-24-11-17(19)29/h1-8,14-15,24,26-27H,9-11H2,(H,25,28,30). The van der Waals surface area contributed by atoms with E-state index in [-0.39, 0.29) is 24.7 Å². The van der Waals surface area contributed by atoms with Crippen molar-refractivity contribution in [3.8, 4) is 11.3 Å². The third-order valence-corrected chi connectivity index (χ3v) is 5.34. The minimum absolute atomic E-state index is 0.00230. The minimum atomic E-state index is -1.07. The van der Waals surface area contributed by atoms with Crippen molar-refractivity contribution < 1.29 is 14.0 Å². The third kappa shape index (κ3) is 3.46. The van der Waals surface area contributed by atoms with Crippen LogP contribution in [0.2, 0.25) is 0 Å². The highest BCUT2D eigenvalue weighted by Gasteiger charge is 2.43. The Morgan fingerprint density at radius 2 is 1.97 bits per heavy atom. The fourth-order valence-corrected chi connectivity index (χ4v) is 3.70. The number of ketones is 1. The first-order valence-electron chi connectivity index (χ1n) is 9.82. The van der Waals surface area contributed by atoms with E-state index in [0.29, 0.717) is 23.6 Å². The molecule has 1 amide bonds. The first kappa shape index (κ1) is 18.5. The van der Waals surface area contributed by atoms with Crippen LogP contribution >= 0.6 is 0 Å². The number of fused-ring (bicyclic) bond motifs is 1. The van der Waals surface area contributed by atoms with Gasteiger partial charge in [0, 0.05) is 29.7 Å².